The largest absolute Gasteiger partial charge is 0.349 e. The Hall–Kier alpha value is -2.32. The van der Waals surface area contributed by atoms with Gasteiger partial charge in [0.05, 0.1) is 17.1 Å². The van der Waals surface area contributed by atoms with Crippen molar-refractivity contribution in [2.45, 2.75) is 35.4 Å². The van der Waals surface area contributed by atoms with Crippen molar-refractivity contribution in [2.24, 2.45) is 0 Å². The van der Waals surface area contributed by atoms with Crippen LogP contribution in [0, 0.1) is 0 Å². The van der Waals surface area contributed by atoms with Crippen molar-refractivity contribution < 1.29 is 18.0 Å². The molecule has 6 nitrogen and oxygen atoms in total. The Morgan fingerprint density at radius 3 is 2.29 bits per heavy atom. The van der Waals surface area contributed by atoms with E-state index in [1.165, 1.54) is 11.8 Å². The summed E-state index contributed by atoms with van der Waals surface area (Å²) >= 11 is 1.50. The fourth-order valence-electron chi connectivity index (χ4n) is 4.04. The van der Waals surface area contributed by atoms with Crippen LogP contribution in [0.3, 0.4) is 0 Å². The van der Waals surface area contributed by atoms with Gasteiger partial charge in [-0.1, -0.05) is 30.3 Å². The Morgan fingerprint density at radius 2 is 1.61 bits per heavy atom. The van der Waals surface area contributed by atoms with E-state index < -0.39 is 9.84 Å². The monoisotopic (exact) mass is 458 g/mol. The summed E-state index contributed by atoms with van der Waals surface area (Å²) in [6.45, 7) is 1.16. The number of nitrogens with zero attached hydrogens (tertiary/aromatic N) is 1. The fraction of sp³-hybridized carbons (Fsp3) is 0.391. The highest BCUT2D eigenvalue weighted by atomic mass is 32.2. The molecule has 0 aliphatic carbocycles. The molecule has 31 heavy (non-hydrogen) atoms. The molecule has 2 heterocycles. The standard InChI is InChI=1S/C23H26N2O4S2/c26-22(17-6-2-1-3-7-17)24-18-10-13-25(14-11-18)23(27)20-8-4-5-9-21(20)30-19-12-15-31(28,29)16-19/h1-9,18-19H,10-16H2,(H,24,26)/t19-/m1/s1. The van der Waals surface area contributed by atoms with Gasteiger partial charge >= 0.3 is 0 Å². The average Bonchev–Trinajstić information content (AvgIpc) is 3.13. The second-order valence-electron chi connectivity index (χ2n) is 8.05. The smallest absolute Gasteiger partial charge is 0.254 e. The number of carbonyl (C=O) groups is 2. The molecule has 8 heteroatoms. The van der Waals surface area contributed by atoms with Gasteiger partial charge in [0.15, 0.2) is 9.84 Å². The third kappa shape index (κ3) is 5.49. The van der Waals surface area contributed by atoms with Crippen LogP contribution in [0.4, 0.5) is 0 Å². The van der Waals surface area contributed by atoms with Gasteiger partial charge in [-0.2, -0.15) is 0 Å². The van der Waals surface area contributed by atoms with Crippen LogP contribution < -0.4 is 5.32 Å². The maximum absolute atomic E-state index is 13.2. The molecule has 0 bridgehead atoms. The molecule has 2 aromatic rings. The molecule has 2 aliphatic heterocycles. The highest BCUT2D eigenvalue weighted by molar-refractivity contribution is 8.02. The van der Waals surface area contributed by atoms with Crippen LogP contribution in [0.2, 0.25) is 0 Å². The van der Waals surface area contributed by atoms with Gasteiger partial charge in [-0.05, 0) is 43.5 Å². The molecule has 1 atom stereocenters. The molecule has 2 aliphatic rings. The maximum Gasteiger partial charge on any atom is 0.254 e. The normalized spacial score (nSPS) is 21.0. The molecule has 2 saturated heterocycles. The minimum absolute atomic E-state index is 0.00196. The number of hydrogen-bond donors (Lipinski definition) is 1. The van der Waals surface area contributed by atoms with E-state index in [0.29, 0.717) is 43.5 Å². The van der Waals surface area contributed by atoms with Crippen LogP contribution in [0.15, 0.2) is 59.5 Å². The number of nitrogens with one attached hydrogen (secondary N) is 1. The highest BCUT2D eigenvalue weighted by Crippen LogP contribution is 2.33. The number of likely N-dealkylation sites (tertiary alicyclic amines) is 1. The van der Waals surface area contributed by atoms with Crippen LogP contribution in [0.25, 0.3) is 0 Å². The first-order chi connectivity index (χ1) is 14.9. The SMILES string of the molecule is O=C(NC1CCN(C(=O)c2ccccc2S[C@@H]2CCS(=O)(=O)C2)CC1)c1ccccc1. The molecular weight excluding hydrogens is 432 g/mol. The van der Waals surface area contributed by atoms with E-state index >= 15 is 0 Å². The third-order valence-electron chi connectivity index (χ3n) is 5.76. The highest BCUT2D eigenvalue weighted by Gasteiger charge is 2.31. The Balaban J connectivity index is 1.35. The van der Waals surface area contributed by atoms with E-state index in [2.05, 4.69) is 5.32 Å². The first-order valence-corrected chi connectivity index (χ1v) is 13.2. The number of benzene rings is 2. The molecular formula is C23H26N2O4S2. The molecule has 4 rings (SSSR count). The molecule has 1 N–H and O–H groups in total. The number of piperidine rings is 1. The average molecular weight is 459 g/mol. The Morgan fingerprint density at radius 1 is 0.935 bits per heavy atom. The molecule has 0 saturated carbocycles. The number of sulfone groups is 1. The lowest BCUT2D eigenvalue weighted by atomic mass is 10.0. The summed E-state index contributed by atoms with van der Waals surface area (Å²) in [5.41, 5.74) is 1.27. The number of hydrogen-bond acceptors (Lipinski definition) is 5. The number of amides is 2. The van der Waals surface area contributed by atoms with Crippen LogP contribution >= 0.6 is 11.8 Å². The summed E-state index contributed by atoms with van der Waals surface area (Å²) in [5, 5.41) is 3.06. The van der Waals surface area contributed by atoms with E-state index in [4.69, 9.17) is 0 Å². The van der Waals surface area contributed by atoms with E-state index in [1.54, 1.807) is 12.1 Å². The van der Waals surface area contributed by atoms with E-state index in [1.807, 2.05) is 47.4 Å². The van der Waals surface area contributed by atoms with Crippen molar-refractivity contribution in [1.82, 2.24) is 10.2 Å². The summed E-state index contributed by atoms with van der Waals surface area (Å²) in [4.78, 5) is 28.2. The lowest BCUT2D eigenvalue weighted by molar-refractivity contribution is 0.0694. The van der Waals surface area contributed by atoms with Crippen LogP contribution in [-0.2, 0) is 9.84 Å². The molecule has 2 amide bonds. The first-order valence-electron chi connectivity index (χ1n) is 10.5. The second-order valence-corrected chi connectivity index (χ2v) is 11.6. The number of rotatable bonds is 5. The van der Waals surface area contributed by atoms with E-state index in [9.17, 15) is 18.0 Å². The summed E-state index contributed by atoms with van der Waals surface area (Å²) in [5.74, 6) is 0.283. The quantitative estimate of drug-likeness (QED) is 0.745. The van der Waals surface area contributed by atoms with Crippen LogP contribution in [0.1, 0.15) is 40.0 Å². The summed E-state index contributed by atoms with van der Waals surface area (Å²) in [6.07, 6.45) is 2.04. The fourth-order valence-corrected chi connectivity index (χ4v) is 7.66. The lowest BCUT2D eigenvalue weighted by Gasteiger charge is -2.33. The number of thioether (sulfide) groups is 1. The van der Waals surface area contributed by atoms with Gasteiger partial charge in [-0.15, -0.1) is 11.8 Å². The summed E-state index contributed by atoms with van der Waals surface area (Å²) < 4.78 is 23.6. The van der Waals surface area contributed by atoms with Crippen molar-refractivity contribution in [1.29, 1.82) is 0 Å². The Kier molecular flexibility index (Phi) is 6.67. The van der Waals surface area contributed by atoms with Gasteiger partial charge in [-0.3, -0.25) is 9.59 Å². The molecule has 0 aromatic heterocycles. The maximum atomic E-state index is 13.2. The predicted octanol–water partition coefficient (Wildman–Crippen LogP) is 3.00. The van der Waals surface area contributed by atoms with Crippen molar-refractivity contribution in [3.8, 4) is 0 Å². The minimum Gasteiger partial charge on any atom is -0.349 e. The third-order valence-corrected chi connectivity index (χ3v) is 9.08. The van der Waals surface area contributed by atoms with Gasteiger partial charge in [0, 0.05) is 34.8 Å². The zero-order valence-corrected chi connectivity index (χ0v) is 18.8. The molecule has 2 fully saturated rings. The summed E-state index contributed by atoms with van der Waals surface area (Å²) in [6, 6.07) is 16.6. The summed E-state index contributed by atoms with van der Waals surface area (Å²) in [7, 11) is -2.96. The van der Waals surface area contributed by atoms with Gasteiger partial charge < -0.3 is 10.2 Å². The second kappa shape index (κ2) is 9.44. The zero-order chi connectivity index (χ0) is 21.8. The van der Waals surface area contributed by atoms with Crippen molar-refractivity contribution in [3.05, 3.63) is 65.7 Å². The van der Waals surface area contributed by atoms with E-state index in [-0.39, 0.29) is 34.6 Å². The molecule has 164 valence electrons. The minimum atomic E-state index is -2.96. The van der Waals surface area contributed by atoms with Crippen LogP contribution in [0.5, 0.6) is 0 Å². The zero-order valence-electron chi connectivity index (χ0n) is 17.2. The first kappa shape index (κ1) is 21.9. The van der Waals surface area contributed by atoms with Gasteiger partial charge in [0.2, 0.25) is 0 Å². The Labute approximate surface area is 187 Å². The van der Waals surface area contributed by atoms with Gasteiger partial charge in [0.1, 0.15) is 0 Å². The molecule has 0 spiro atoms. The predicted molar refractivity (Wildman–Crippen MR) is 122 cm³/mol. The van der Waals surface area contributed by atoms with Gasteiger partial charge in [0.25, 0.3) is 11.8 Å². The van der Waals surface area contributed by atoms with Crippen LogP contribution in [-0.4, -0.2) is 61.0 Å². The molecule has 0 radical (unpaired) electrons. The van der Waals surface area contributed by atoms with Gasteiger partial charge in [-0.25, -0.2) is 8.42 Å². The molecule has 0 unspecified atom stereocenters. The van der Waals surface area contributed by atoms with Crippen molar-refractivity contribution in [2.75, 3.05) is 24.6 Å². The number of carbonyl (C=O) groups excluding carboxylic acids is 2. The lowest BCUT2D eigenvalue weighted by Crippen LogP contribution is -2.46. The van der Waals surface area contributed by atoms with Crippen molar-refractivity contribution >= 4 is 33.4 Å². The molecule has 2 aromatic carbocycles. The van der Waals surface area contributed by atoms with E-state index in [0.717, 1.165) is 4.90 Å². The Bertz CT molecular complexity index is 1050. The topological polar surface area (TPSA) is 83.6 Å². The van der Waals surface area contributed by atoms with Crippen molar-refractivity contribution in [3.63, 3.8) is 0 Å².